The van der Waals surface area contributed by atoms with Crippen LogP contribution in [0.4, 0.5) is 5.69 Å². The van der Waals surface area contributed by atoms with Crippen LogP contribution in [0.15, 0.2) is 53.0 Å². The number of hydrogen-bond acceptors (Lipinski definition) is 5. The first kappa shape index (κ1) is 21.0. The number of halogens is 3. The first-order valence-corrected chi connectivity index (χ1v) is 10.7. The molecule has 0 spiro atoms. The number of nitrogens with one attached hydrogen (secondary N) is 1. The molecule has 4 rings (SSSR count). The van der Waals surface area contributed by atoms with Crippen LogP contribution in [0.3, 0.4) is 0 Å². The Labute approximate surface area is 192 Å². The normalized spacial score (nSPS) is 12.0. The molecule has 0 unspecified atom stereocenters. The molecule has 0 bridgehead atoms. The van der Waals surface area contributed by atoms with E-state index in [2.05, 4.69) is 21.2 Å². The number of rotatable bonds is 7. The molecule has 5 nitrogen and oxygen atoms in total. The van der Waals surface area contributed by atoms with E-state index in [9.17, 15) is 0 Å². The summed E-state index contributed by atoms with van der Waals surface area (Å²) < 4.78 is 23.1. The molecular formula is C22H18BrCl2NO4. The molecule has 3 aromatic carbocycles. The molecule has 0 saturated heterocycles. The lowest BCUT2D eigenvalue weighted by atomic mass is 10.2. The van der Waals surface area contributed by atoms with Crippen molar-refractivity contribution in [1.29, 1.82) is 0 Å². The van der Waals surface area contributed by atoms with Gasteiger partial charge in [-0.2, -0.15) is 0 Å². The van der Waals surface area contributed by atoms with Gasteiger partial charge in [0.15, 0.2) is 23.0 Å². The van der Waals surface area contributed by atoms with Crippen molar-refractivity contribution < 1.29 is 18.9 Å². The van der Waals surface area contributed by atoms with Gasteiger partial charge in [0.25, 0.3) is 0 Å². The zero-order valence-corrected chi connectivity index (χ0v) is 19.1. The number of fused-ring (bicyclic) bond motifs is 1. The SMILES string of the molecule is COc1cc(CNc2ccc3c(c2)OCO3)cc(Br)c1OCc1c(Cl)cccc1Cl. The van der Waals surface area contributed by atoms with E-state index in [0.29, 0.717) is 28.1 Å². The summed E-state index contributed by atoms with van der Waals surface area (Å²) in [5.41, 5.74) is 2.67. The van der Waals surface area contributed by atoms with E-state index in [4.69, 9.17) is 42.1 Å². The van der Waals surface area contributed by atoms with Crippen LogP contribution in [0, 0.1) is 0 Å². The van der Waals surface area contributed by atoms with Crippen molar-refractivity contribution >= 4 is 44.8 Å². The number of ether oxygens (including phenoxy) is 4. The molecule has 8 heteroatoms. The third-order valence-corrected chi connectivity index (χ3v) is 5.88. The Kier molecular flexibility index (Phi) is 6.46. The minimum atomic E-state index is 0.224. The van der Waals surface area contributed by atoms with Gasteiger partial charge >= 0.3 is 0 Å². The van der Waals surface area contributed by atoms with Crippen LogP contribution in [0.2, 0.25) is 10.0 Å². The molecule has 0 radical (unpaired) electrons. The molecule has 1 aliphatic rings. The second kappa shape index (κ2) is 9.25. The maximum atomic E-state index is 6.24. The standard InChI is InChI=1S/C22H18BrCl2NO4/c1-27-21-8-13(10-26-14-5-6-19-20(9-14)30-12-29-19)7-16(23)22(21)28-11-15-17(24)3-2-4-18(15)25/h2-9,26H,10-12H2,1H3. The maximum Gasteiger partial charge on any atom is 0.231 e. The van der Waals surface area contributed by atoms with Crippen molar-refractivity contribution in [3.63, 3.8) is 0 Å². The fourth-order valence-electron chi connectivity index (χ4n) is 3.04. The summed E-state index contributed by atoms with van der Waals surface area (Å²) in [7, 11) is 1.60. The van der Waals surface area contributed by atoms with Gasteiger partial charge in [-0.3, -0.25) is 0 Å². The van der Waals surface area contributed by atoms with E-state index in [0.717, 1.165) is 32.8 Å². The lowest BCUT2D eigenvalue weighted by Gasteiger charge is -2.16. The molecular weight excluding hydrogens is 493 g/mol. The topological polar surface area (TPSA) is 49.0 Å². The molecule has 3 aromatic rings. The van der Waals surface area contributed by atoms with Gasteiger partial charge in [0.2, 0.25) is 6.79 Å². The van der Waals surface area contributed by atoms with E-state index >= 15 is 0 Å². The predicted molar refractivity (Wildman–Crippen MR) is 121 cm³/mol. The first-order valence-electron chi connectivity index (χ1n) is 9.11. The van der Waals surface area contributed by atoms with Crippen LogP contribution in [-0.2, 0) is 13.2 Å². The van der Waals surface area contributed by atoms with E-state index in [1.165, 1.54) is 0 Å². The van der Waals surface area contributed by atoms with Gasteiger partial charge in [-0.05, 0) is 57.9 Å². The average Bonchev–Trinajstić information content (AvgIpc) is 3.20. The fourth-order valence-corrected chi connectivity index (χ4v) is 4.15. The summed E-state index contributed by atoms with van der Waals surface area (Å²) in [5, 5.41) is 4.49. The minimum absolute atomic E-state index is 0.224. The van der Waals surface area contributed by atoms with Gasteiger partial charge in [-0.25, -0.2) is 0 Å². The Balaban J connectivity index is 1.48. The van der Waals surface area contributed by atoms with Gasteiger partial charge in [-0.15, -0.1) is 0 Å². The van der Waals surface area contributed by atoms with Crippen LogP contribution in [0.25, 0.3) is 0 Å². The lowest BCUT2D eigenvalue weighted by Crippen LogP contribution is -2.03. The molecule has 30 heavy (non-hydrogen) atoms. The highest BCUT2D eigenvalue weighted by molar-refractivity contribution is 9.10. The number of anilines is 1. The van der Waals surface area contributed by atoms with Crippen molar-refractivity contribution in [2.45, 2.75) is 13.2 Å². The van der Waals surface area contributed by atoms with Crippen LogP contribution in [0.1, 0.15) is 11.1 Å². The molecule has 0 fully saturated rings. The largest absolute Gasteiger partial charge is 0.493 e. The molecule has 1 heterocycles. The maximum absolute atomic E-state index is 6.24. The van der Waals surface area contributed by atoms with Crippen LogP contribution in [-0.4, -0.2) is 13.9 Å². The van der Waals surface area contributed by atoms with Gasteiger partial charge in [0.05, 0.1) is 11.6 Å². The molecule has 1 aliphatic heterocycles. The van der Waals surface area contributed by atoms with Gasteiger partial charge < -0.3 is 24.3 Å². The Morgan fingerprint density at radius 1 is 1.03 bits per heavy atom. The van der Waals surface area contributed by atoms with E-state index in [-0.39, 0.29) is 13.4 Å². The molecule has 156 valence electrons. The zero-order chi connectivity index (χ0) is 21.1. The first-order chi connectivity index (χ1) is 14.5. The quantitative estimate of drug-likeness (QED) is 0.384. The van der Waals surface area contributed by atoms with Gasteiger partial charge in [0.1, 0.15) is 6.61 Å². The molecule has 0 saturated carbocycles. The summed E-state index contributed by atoms with van der Waals surface area (Å²) in [4.78, 5) is 0. The Morgan fingerprint density at radius 3 is 2.57 bits per heavy atom. The number of hydrogen-bond donors (Lipinski definition) is 1. The smallest absolute Gasteiger partial charge is 0.231 e. The highest BCUT2D eigenvalue weighted by atomic mass is 79.9. The predicted octanol–water partition coefficient (Wildman–Crippen LogP) is 6.68. The van der Waals surface area contributed by atoms with E-state index < -0.39 is 0 Å². The molecule has 0 aliphatic carbocycles. The van der Waals surface area contributed by atoms with Crippen LogP contribution in [0.5, 0.6) is 23.0 Å². The monoisotopic (exact) mass is 509 g/mol. The summed E-state index contributed by atoms with van der Waals surface area (Å²) in [6, 6.07) is 15.0. The van der Waals surface area contributed by atoms with Crippen molar-refractivity contribution in [3.8, 4) is 23.0 Å². The summed E-state index contributed by atoms with van der Waals surface area (Å²) in [6.07, 6.45) is 0. The number of methoxy groups -OCH3 is 1. The van der Waals surface area contributed by atoms with Crippen molar-refractivity contribution in [2.75, 3.05) is 19.2 Å². The second-order valence-electron chi connectivity index (χ2n) is 6.52. The average molecular weight is 511 g/mol. The Morgan fingerprint density at radius 2 is 1.80 bits per heavy atom. The minimum Gasteiger partial charge on any atom is -0.493 e. The molecule has 0 aromatic heterocycles. The third kappa shape index (κ3) is 4.56. The van der Waals surface area contributed by atoms with Gasteiger partial charge in [-0.1, -0.05) is 29.3 Å². The van der Waals surface area contributed by atoms with Crippen molar-refractivity contribution in [1.82, 2.24) is 0 Å². The number of benzene rings is 3. The highest BCUT2D eigenvalue weighted by Gasteiger charge is 2.15. The molecule has 0 atom stereocenters. The van der Waals surface area contributed by atoms with E-state index in [1.54, 1.807) is 25.3 Å². The van der Waals surface area contributed by atoms with Crippen molar-refractivity contribution in [2.24, 2.45) is 0 Å². The summed E-state index contributed by atoms with van der Waals surface area (Å²) in [5.74, 6) is 2.68. The van der Waals surface area contributed by atoms with Gasteiger partial charge in [0, 0.05) is 33.9 Å². The van der Waals surface area contributed by atoms with E-state index in [1.807, 2.05) is 30.3 Å². The Hall–Kier alpha value is -2.28. The van der Waals surface area contributed by atoms with Crippen LogP contribution < -0.4 is 24.3 Å². The zero-order valence-electron chi connectivity index (χ0n) is 16.0. The molecule has 0 amide bonds. The molecule has 1 N–H and O–H groups in total. The fraction of sp³-hybridized carbons (Fsp3) is 0.182. The third-order valence-electron chi connectivity index (χ3n) is 4.58. The summed E-state index contributed by atoms with van der Waals surface area (Å²) >= 11 is 16.1. The second-order valence-corrected chi connectivity index (χ2v) is 8.19. The van der Waals surface area contributed by atoms with Crippen LogP contribution >= 0.6 is 39.1 Å². The Bertz CT molecular complexity index is 1060. The lowest BCUT2D eigenvalue weighted by molar-refractivity contribution is 0.174. The highest BCUT2D eigenvalue weighted by Crippen LogP contribution is 2.39. The van der Waals surface area contributed by atoms with Crippen molar-refractivity contribution in [3.05, 3.63) is 74.2 Å². The summed E-state index contributed by atoms with van der Waals surface area (Å²) in [6.45, 7) is 1.07.